The van der Waals surface area contributed by atoms with E-state index in [0.717, 1.165) is 35.2 Å². The van der Waals surface area contributed by atoms with Crippen molar-refractivity contribution in [3.8, 4) is 0 Å². The lowest BCUT2D eigenvalue weighted by Crippen LogP contribution is -2.08. The zero-order valence-corrected chi connectivity index (χ0v) is 12.7. The summed E-state index contributed by atoms with van der Waals surface area (Å²) in [6.45, 7) is 0. The summed E-state index contributed by atoms with van der Waals surface area (Å²) in [6.07, 6.45) is -0.664. The number of aromatic nitrogens is 1. The van der Waals surface area contributed by atoms with Gasteiger partial charge in [0.15, 0.2) is 0 Å². The zero-order valence-electron chi connectivity index (χ0n) is 12.7. The van der Waals surface area contributed by atoms with Gasteiger partial charge in [0.1, 0.15) is 5.82 Å². The zero-order chi connectivity index (χ0) is 18.0. The Morgan fingerprint density at radius 2 is 1.88 bits per heavy atom. The number of amides is 1. The Labute approximate surface area is 140 Å². The van der Waals surface area contributed by atoms with E-state index >= 15 is 0 Å². The average Bonchev–Trinajstić information content (AvgIpc) is 3.00. The lowest BCUT2D eigenvalue weighted by molar-refractivity contribution is -0.137. The van der Waals surface area contributed by atoms with Gasteiger partial charge in [-0.3, -0.25) is 4.79 Å². The number of hydrogen-bond acceptors (Lipinski definition) is 1. The van der Waals surface area contributed by atoms with Crippen LogP contribution < -0.4 is 5.32 Å². The third kappa shape index (κ3) is 3.88. The highest BCUT2D eigenvalue weighted by Gasteiger charge is 2.30. The highest BCUT2D eigenvalue weighted by Crippen LogP contribution is 2.30. The lowest BCUT2D eigenvalue weighted by atomic mass is 10.1. The number of carbonyl (C=O) groups is 1. The third-order valence-electron chi connectivity index (χ3n) is 3.56. The maximum atomic E-state index is 13.7. The van der Waals surface area contributed by atoms with Crippen molar-refractivity contribution in [2.45, 2.75) is 6.18 Å². The molecule has 3 aromatic rings. The quantitative estimate of drug-likeness (QED) is 0.509. The number of aromatic amines is 1. The molecule has 2 aromatic carbocycles. The molecule has 0 aliphatic rings. The van der Waals surface area contributed by atoms with E-state index in [4.69, 9.17) is 0 Å². The molecular weight excluding hydrogens is 336 g/mol. The van der Waals surface area contributed by atoms with Gasteiger partial charge in [0.05, 0.1) is 5.56 Å². The van der Waals surface area contributed by atoms with Gasteiger partial charge in [-0.25, -0.2) is 4.39 Å². The van der Waals surface area contributed by atoms with Gasteiger partial charge < -0.3 is 10.3 Å². The average molecular weight is 348 g/mol. The number of nitrogens with one attached hydrogen (secondary N) is 2. The number of H-pyrrole nitrogens is 1. The summed E-state index contributed by atoms with van der Waals surface area (Å²) in [5.74, 6) is -1.57. The van der Waals surface area contributed by atoms with Crippen molar-refractivity contribution >= 4 is 28.6 Å². The second-order valence-corrected chi connectivity index (χ2v) is 5.34. The fourth-order valence-electron chi connectivity index (χ4n) is 2.31. The molecule has 1 amide bonds. The maximum Gasteiger partial charge on any atom is 0.416 e. The van der Waals surface area contributed by atoms with Crippen LogP contribution in [0.25, 0.3) is 17.0 Å². The Morgan fingerprint density at radius 1 is 1.08 bits per heavy atom. The van der Waals surface area contributed by atoms with E-state index in [2.05, 4.69) is 10.3 Å². The highest BCUT2D eigenvalue weighted by molar-refractivity contribution is 6.02. The Morgan fingerprint density at radius 3 is 2.60 bits per heavy atom. The Balaban J connectivity index is 1.71. The van der Waals surface area contributed by atoms with Gasteiger partial charge in [-0.05, 0) is 41.8 Å². The van der Waals surface area contributed by atoms with E-state index in [9.17, 15) is 22.4 Å². The van der Waals surface area contributed by atoms with Crippen molar-refractivity contribution < 1.29 is 22.4 Å². The van der Waals surface area contributed by atoms with Gasteiger partial charge in [-0.2, -0.15) is 13.2 Å². The molecule has 0 spiro atoms. The molecule has 0 atom stereocenters. The van der Waals surface area contributed by atoms with Gasteiger partial charge in [-0.15, -0.1) is 0 Å². The molecule has 0 bridgehead atoms. The molecule has 25 heavy (non-hydrogen) atoms. The predicted molar refractivity (Wildman–Crippen MR) is 87.4 cm³/mol. The first-order valence-corrected chi connectivity index (χ1v) is 7.26. The summed E-state index contributed by atoms with van der Waals surface area (Å²) in [5, 5.41) is 3.59. The molecule has 0 aliphatic carbocycles. The SMILES string of the molecule is O=C(C=Cc1ccc(C(F)(F)F)cc1F)Nc1ccc2cc[nH]c2c1. The first kappa shape index (κ1) is 16.8. The standard InChI is InChI=1S/C18H12F4N2O/c19-15-9-13(18(20,21)22)4-1-11(15)3-6-17(25)24-14-5-2-12-7-8-23-16(12)10-14/h1-10,23H,(H,24,25). The molecule has 1 aromatic heterocycles. The Hall–Kier alpha value is -3.09. The van der Waals surface area contributed by atoms with Crippen molar-refractivity contribution in [3.05, 3.63) is 71.7 Å². The second kappa shape index (κ2) is 6.43. The predicted octanol–water partition coefficient (Wildman–Crippen LogP) is 4.98. The van der Waals surface area contributed by atoms with Crippen LogP contribution in [0.2, 0.25) is 0 Å². The minimum absolute atomic E-state index is 0.108. The fourth-order valence-corrected chi connectivity index (χ4v) is 2.31. The van der Waals surface area contributed by atoms with E-state index in [1.807, 2.05) is 12.1 Å². The maximum absolute atomic E-state index is 13.7. The van der Waals surface area contributed by atoms with Crippen molar-refractivity contribution in [2.24, 2.45) is 0 Å². The van der Waals surface area contributed by atoms with E-state index in [1.165, 1.54) is 0 Å². The van der Waals surface area contributed by atoms with Crippen LogP contribution in [-0.2, 0) is 11.0 Å². The number of rotatable bonds is 3. The van der Waals surface area contributed by atoms with Gasteiger partial charge >= 0.3 is 6.18 Å². The van der Waals surface area contributed by atoms with Crippen LogP contribution in [0.5, 0.6) is 0 Å². The summed E-state index contributed by atoms with van der Waals surface area (Å²) < 4.78 is 51.2. The smallest absolute Gasteiger partial charge is 0.361 e. The monoisotopic (exact) mass is 348 g/mol. The van der Waals surface area contributed by atoms with Crippen LogP contribution in [0.1, 0.15) is 11.1 Å². The first-order valence-electron chi connectivity index (χ1n) is 7.26. The summed E-state index contributed by atoms with van der Waals surface area (Å²) in [7, 11) is 0. The number of fused-ring (bicyclic) bond motifs is 1. The van der Waals surface area contributed by atoms with Gasteiger partial charge in [-0.1, -0.05) is 12.1 Å². The van der Waals surface area contributed by atoms with Crippen LogP contribution in [0, 0.1) is 5.82 Å². The van der Waals surface area contributed by atoms with E-state index in [-0.39, 0.29) is 5.56 Å². The van der Waals surface area contributed by atoms with E-state index in [0.29, 0.717) is 11.8 Å². The lowest BCUT2D eigenvalue weighted by Gasteiger charge is -2.07. The third-order valence-corrected chi connectivity index (χ3v) is 3.56. The van der Waals surface area contributed by atoms with Crippen LogP contribution >= 0.6 is 0 Å². The Kier molecular flexibility index (Phi) is 4.31. The van der Waals surface area contributed by atoms with Gasteiger partial charge in [0.2, 0.25) is 5.91 Å². The molecular formula is C18H12F4N2O. The van der Waals surface area contributed by atoms with Gasteiger partial charge in [0.25, 0.3) is 0 Å². The highest BCUT2D eigenvalue weighted by atomic mass is 19.4. The minimum atomic E-state index is -4.61. The number of alkyl halides is 3. The number of halogens is 4. The van der Waals surface area contributed by atoms with Gasteiger partial charge in [0, 0.05) is 29.0 Å². The van der Waals surface area contributed by atoms with E-state index < -0.39 is 23.5 Å². The molecule has 0 saturated carbocycles. The number of anilines is 1. The van der Waals surface area contributed by atoms with Crippen molar-refractivity contribution in [1.82, 2.24) is 4.98 Å². The largest absolute Gasteiger partial charge is 0.416 e. The van der Waals surface area contributed by atoms with Crippen LogP contribution in [0.15, 0.2) is 54.7 Å². The molecule has 128 valence electrons. The minimum Gasteiger partial charge on any atom is -0.361 e. The second-order valence-electron chi connectivity index (χ2n) is 5.34. The summed E-state index contributed by atoms with van der Waals surface area (Å²) in [4.78, 5) is 14.9. The Bertz CT molecular complexity index is 957. The fraction of sp³-hybridized carbons (Fsp3) is 0.0556. The van der Waals surface area contributed by atoms with Crippen molar-refractivity contribution in [1.29, 1.82) is 0 Å². The molecule has 0 radical (unpaired) electrons. The molecule has 7 heteroatoms. The molecule has 1 heterocycles. The normalized spacial score (nSPS) is 12.0. The number of hydrogen-bond donors (Lipinski definition) is 2. The van der Waals surface area contributed by atoms with Crippen LogP contribution in [0.3, 0.4) is 0 Å². The molecule has 0 saturated heterocycles. The van der Waals surface area contributed by atoms with Crippen molar-refractivity contribution in [3.63, 3.8) is 0 Å². The molecule has 3 rings (SSSR count). The van der Waals surface area contributed by atoms with E-state index in [1.54, 1.807) is 18.3 Å². The van der Waals surface area contributed by atoms with Crippen LogP contribution in [0.4, 0.5) is 23.2 Å². The molecule has 0 aliphatic heterocycles. The number of carbonyl (C=O) groups excluding carboxylic acids is 1. The first-order chi connectivity index (χ1) is 11.8. The molecule has 0 fully saturated rings. The topological polar surface area (TPSA) is 44.9 Å². The summed E-state index contributed by atoms with van der Waals surface area (Å²) in [5.41, 5.74) is 0.196. The van der Waals surface area contributed by atoms with Crippen LogP contribution in [-0.4, -0.2) is 10.9 Å². The summed E-state index contributed by atoms with van der Waals surface area (Å²) >= 11 is 0. The number of benzene rings is 2. The molecule has 0 unspecified atom stereocenters. The molecule has 3 nitrogen and oxygen atoms in total. The summed E-state index contributed by atoms with van der Waals surface area (Å²) in [6, 6.07) is 9.29. The van der Waals surface area contributed by atoms with Crippen molar-refractivity contribution in [2.75, 3.05) is 5.32 Å². The molecule has 2 N–H and O–H groups in total.